The summed E-state index contributed by atoms with van der Waals surface area (Å²) in [6, 6.07) is 0. The Labute approximate surface area is 154 Å². The van der Waals surface area contributed by atoms with Crippen LogP contribution in [0.2, 0.25) is 0 Å². The van der Waals surface area contributed by atoms with Crippen molar-refractivity contribution in [1.29, 1.82) is 0 Å². The molecule has 26 heavy (non-hydrogen) atoms. The monoisotopic (exact) mass is 360 g/mol. The maximum Gasteiger partial charge on any atom is 0.224 e. The second-order valence-electron chi connectivity index (χ2n) is 6.72. The summed E-state index contributed by atoms with van der Waals surface area (Å²) in [6.07, 6.45) is 6.09. The molecule has 3 heterocycles. The number of nitrogens with zero attached hydrogens (tertiary/aromatic N) is 6. The predicted octanol–water partition coefficient (Wildman–Crippen LogP) is 1.59. The first-order valence-corrected chi connectivity index (χ1v) is 9.30. The van der Waals surface area contributed by atoms with Gasteiger partial charge in [0.25, 0.3) is 0 Å². The highest BCUT2D eigenvalue weighted by Gasteiger charge is 2.27. The minimum atomic E-state index is 0.179. The number of piperidine rings is 1. The summed E-state index contributed by atoms with van der Waals surface area (Å²) in [5.74, 6) is 3.51. The van der Waals surface area contributed by atoms with Gasteiger partial charge in [0.05, 0.1) is 19.6 Å². The number of hydrogen-bond donors (Lipinski definition) is 0. The number of carbonyl (C=O) groups excluding carboxylic acids is 1. The average Bonchev–Trinajstić information content (AvgIpc) is 3.26. The lowest BCUT2D eigenvalue weighted by molar-refractivity contribution is -0.133. The van der Waals surface area contributed by atoms with Crippen molar-refractivity contribution in [2.24, 2.45) is 0 Å². The van der Waals surface area contributed by atoms with Gasteiger partial charge < -0.3 is 18.8 Å². The molecule has 8 heteroatoms. The minimum absolute atomic E-state index is 0.179. The Morgan fingerprint density at radius 1 is 1.31 bits per heavy atom. The van der Waals surface area contributed by atoms with Crippen LogP contribution in [0.1, 0.15) is 49.6 Å². The summed E-state index contributed by atoms with van der Waals surface area (Å²) in [5, 5.41) is 8.94. The second kappa shape index (κ2) is 8.44. The van der Waals surface area contributed by atoms with E-state index in [9.17, 15) is 4.79 Å². The molecular formula is C18H28N6O2. The number of methoxy groups -OCH3 is 1. The highest BCUT2D eigenvalue weighted by atomic mass is 16.5. The molecule has 0 bridgehead atoms. The Kier molecular flexibility index (Phi) is 6.03. The van der Waals surface area contributed by atoms with Crippen LogP contribution in [0, 0.1) is 6.92 Å². The lowest BCUT2D eigenvalue weighted by atomic mass is 9.95. The first-order valence-electron chi connectivity index (χ1n) is 9.30. The first-order chi connectivity index (χ1) is 12.6. The van der Waals surface area contributed by atoms with Crippen molar-refractivity contribution in [2.75, 3.05) is 26.8 Å². The van der Waals surface area contributed by atoms with Gasteiger partial charge in [0, 0.05) is 45.1 Å². The molecule has 3 rings (SSSR count). The lowest BCUT2D eigenvalue weighted by Crippen LogP contribution is -2.38. The van der Waals surface area contributed by atoms with Crippen LogP contribution in [0.3, 0.4) is 0 Å². The van der Waals surface area contributed by atoms with E-state index in [4.69, 9.17) is 4.74 Å². The van der Waals surface area contributed by atoms with Gasteiger partial charge in [0.2, 0.25) is 5.91 Å². The van der Waals surface area contributed by atoms with Gasteiger partial charge in [-0.15, -0.1) is 10.2 Å². The summed E-state index contributed by atoms with van der Waals surface area (Å²) in [6.45, 7) is 7.68. The molecule has 0 radical (unpaired) electrons. The van der Waals surface area contributed by atoms with Crippen molar-refractivity contribution in [1.82, 2.24) is 29.2 Å². The summed E-state index contributed by atoms with van der Waals surface area (Å²) in [4.78, 5) is 18.4. The molecule has 0 aromatic carbocycles. The van der Waals surface area contributed by atoms with Crippen LogP contribution >= 0.6 is 0 Å². The molecule has 1 aliphatic heterocycles. The zero-order valence-corrected chi connectivity index (χ0v) is 15.9. The third kappa shape index (κ3) is 3.95. The minimum Gasteiger partial charge on any atom is -0.384 e. The van der Waals surface area contributed by atoms with Crippen molar-refractivity contribution in [3.8, 4) is 0 Å². The van der Waals surface area contributed by atoms with Gasteiger partial charge in [-0.05, 0) is 26.7 Å². The molecule has 2 aromatic rings. The maximum atomic E-state index is 12.1. The molecule has 1 saturated heterocycles. The van der Waals surface area contributed by atoms with Gasteiger partial charge in [-0.25, -0.2) is 4.98 Å². The molecule has 0 aliphatic carbocycles. The molecule has 0 spiro atoms. The van der Waals surface area contributed by atoms with Crippen molar-refractivity contribution in [2.45, 2.75) is 52.1 Å². The van der Waals surface area contributed by atoms with Crippen molar-refractivity contribution < 1.29 is 9.53 Å². The Morgan fingerprint density at radius 2 is 2.08 bits per heavy atom. The third-order valence-electron chi connectivity index (χ3n) is 5.14. The molecule has 1 fully saturated rings. The van der Waals surface area contributed by atoms with Gasteiger partial charge in [0.1, 0.15) is 11.6 Å². The number of aryl methyl sites for hydroxylation is 1. The van der Waals surface area contributed by atoms with Crippen molar-refractivity contribution in [3.05, 3.63) is 29.9 Å². The van der Waals surface area contributed by atoms with Crippen molar-refractivity contribution >= 4 is 5.91 Å². The van der Waals surface area contributed by atoms with Crippen LogP contribution in [-0.2, 0) is 22.6 Å². The molecule has 142 valence electrons. The molecule has 0 N–H and O–H groups in total. The van der Waals surface area contributed by atoms with E-state index in [1.165, 1.54) is 0 Å². The van der Waals surface area contributed by atoms with Gasteiger partial charge in [-0.1, -0.05) is 0 Å². The normalized spacial score (nSPS) is 15.6. The number of amides is 1. The molecule has 1 amide bonds. The van der Waals surface area contributed by atoms with Crippen LogP contribution in [0.15, 0.2) is 12.4 Å². The first kappa shape index (κ1) is 18.6. The Balaban J connectivity index is 1.65. The van der Waals surface area contributed by atoms with Gasteiger partial charge in [0.15, 0.2) is 5.82 Å². The fourth-order valence-electron chi connectivity index (χ4n) is 3.57. The van der Waals surface area contributed by atoms with Crippen molar-refractivity contribution in [3.63, 3.8) is 0 Å². The van der Waals surface area contributed by atoms with Gasteiger partial charge in [-0.2, -0.15) is 0 Å². The van der Waals surface area contributed by atoms with E-state index in [-0.39, 0.29) is 5.91 Å². The number of ether oxygens (including phenoxy) is 1. The quantitative estimate of drug-likeness (QED) is 0.749. The van der Waals surface area contributed by atoms with E-state index in [1.807, 2.05) is 18.0 Å². The SMILES string of the molecule is CCn1c(Cn2ccnc2C)nnc1C1CCN(C(=O)CCOC)CC1. The Hall–Kier alpha value is -2.22. The Bertz CT molecular complexity index is 730. The van der Waals surface area contributed by atoms with E-state index >= 15 is 0 Å². The molecule has 0 atom stereocenters. The largest absolute Gasteiger partial charge is 0.384 e. The number of carbonyl (C=O) groups is 1. The highest BCUT2D eigenvalue weighted by Crippen LogP contribution is 2.27. The van der Waals surface area contributed by atoms with Crippen LogP contribution in [-0.4, -0.2) is 61.9 Å². The third-order valence-corrected chi connectivity index (χ3v) is 5.14. The van der Waals surface area contributed by atoms with E-state index in [0.717, 1.165) is 49.9 Å². The fourth-order valence-corrected chi connectivity index (χ4v) is 3.57. The standard InChI is InChI=1S/C18H28N6O2/c1-4-24-16(13-23-11-8-19-14(23)2)20-21-18(24)15-5-9-22(10-6-15)17(25)7-12-26-3/h8,11,15H,4-7,9-10,12-13H2,1-3H3. The van der Waals surface area contributed by atoms with Crippen LogP contribution in [0.25, 0.3) is 0 Å². The van der Waals surface area contributed by atoms with E-state index in [0.29, 0.717) is 25.5 Å². The van der Waals surface area contributed by atoms with Gasteiger partial charge >= 0.3 is 0 Å². The number of imidazole rings is 1. The number of hydrogen-bond acceptors (Lipinski definition) is 5. The van der Waals surface area contributed by atoms with E-state index in [2.05, 4.69) is 31.2 Å². The molecular weight excluding hydrogens is 332 g/mol. The lowest BCUT2D eigenvalue weighted by Gasteiger charge is -2.31. The number of likely N-dealkylation sites (tertiary alicyclic amines) is 1. The van der Waals surface area contributed by atoms with E-state index < -0.39 is 0 Å². The van der Waals surface area contributed by atoms with Crippen LogP contribution in [0.5, 0.6) is 0 Å². The maximum absolute atomic E-state index is 12.1. The number of rotatable bonds is 7. The second-order valence-corrected chi connectivity index (χ2v) is 6.72. The summed E-state index contributed by atoms with van der Waals surface area (Å²) < 4.78 is 9.30. The fraction of sp³-hybridized carbons (Fsp3) is 0.667. The molecule has 0 saturated carbocycles. The topological polar surface area (TPSA) is 78.1 Å². The Morgan fingerprint density at radius 3 is 2.69 bits per heavy atom. The number of aromatic nitrogens is 5. The predicted molar refractivity (Wildman–Crippen MR) is 96.8 cm³/mol. The summed E-state index contributed by atoms with van der Waals surface area (Å²) in [5.41, 5.74) is 0. The molecule has 8 nitrogen and oxygen atoms in total. The average molecular weight is 360 g/mol. The molecule has 0 unspecified atom stereocenters. The van der Waals surface area contributed by atoms with E-state index in [1.54, 1.807) is 13.3 Å². The zero-order valence-electron chi connectivity index (χ0n) is 15.9. The summed E-state index contributed by atoms with van der Waals surface area (Å²) >= 11 is 0. The molecule has 2 aromatic heterocycles. The van der Waals surface area contributed by atoms with Gasteiger partial charge in [-0.3, -0.25) is 4.79 Å². The smallest absolute Gasteiger partial charge is 0.224 e. The summed E-state index contributed by atoms with van der Waals surface area (Å²) in [7, 11) is 1.62. The zero-order chi connectivity index (χ0) is 18.5. The van der Waals surface area contributed by atoms with Crippen LogP contribution < -0.4 is 0 Å². The van der Waals surface area contributed by atoms with Crippen LogP contribution in [0.4, 0.5) is 0 Å². The molecule has 1 aliphatic rings. The highest BCUT2D eigenvalue weighted by molar-refractivity contribution is 5.76.